The molecule has 1 fully saturated rings. The molecule has 0 N–H and O–H groups in total. The molecule has 0 amide bonds. The van der Waals surface area contributed by atoms with Crippen LogP contribution in [0.15, 0.2) is 18.2 Å². The summed E-state index contributed by atoms with van der Waals surface area (Å²) in [5.74, 6) is 0.558. The van der Waals surface area contributed by atoms with E-state index < -0.39 is 0 Å². The third-order valence-corrected chi connectivity index (χ3v) is 2.41. The minimum atomic E-state index is -0.389. The Morgan fingerprint density at radius 2 is 2.07 bits per heavy atom. The van der Waals surface area contributed by atoms with Gasteiger partial charge >= 0.3 is 0 Å². The van der Waals surface area contributed by atoms with Crippen molar-refractivity contribution in [3.8, 4) is 11.8 Å². The number of benzene rings is 1. The molecule has 1 saturated heterocycles. The molecule has 1 aliphatic rings. The molecule has 0 bridgehead atoms. The lowest BCUT2D eigenvalue weighted by atomic mass is 10.1. The van der Waals surface area contributed by atoms with Crippen LogP contribution in [0.5, 0.6) is 5.75 Å². The van der Waals surface area contributed by atoms with Gasteiger partial charge in [0.1, 0.15) is 5.75 Å². The summed E-state index contributed by atoms with van der Waals surface area (Å²) >= 11 is 2.87. The highest BCUT2D eigenvalue weighted by Gasteiger charge is 2.19. The van der Waals surface area contributed by atoms with Crippen LogP contribution in [0, 0.1) is 11.3 Å². The SMILES string of the molecule is N#Cc1cc(OBr)cc(C2OCCO2)c1. The molecule has 1 aromatic rings. The van der Waals surface area contributed by atoms with Crippen molar-refractivity contribution in [2.24, 2.45) is 0 Å². The summed E-state index contributed by atoms with van der Waals surface area (Å²) in [6.07, 6.45) is -0.389. The minimum absolute atomic E-state index is 0.389. The highest BCUT2D eigenvalue weighted by Crippen LogP contribution is 2.28. The molecule has 0 atom stereocenters. The average molecular weight is 270 g/mol. The Morgan fingerprint density at radius 3 is 2.67 bits per heavy atom. The average Bonchev–Trinajstić information content (AvgIpc) is 2.81. The molecule has 1 heterocycles. The first-order valence-electron chi connectivity index (χ1n) is 4.40. The van der Waals surface area contributed by atoms with E-state index in [0.29, 0.717) is 24.5 Å². The summed E-state index contributed by atoms with van der Waals surface area (Å²) in [6, 6.07) is 7.18. The van der Waals surface area contributed by atoms with E-state index in [1.54, 1.807) is 18.2 Å². The summed E-state index contributed by atoms with van der Waals surface area (Å²) in [5, 5.41) is 8.82. The molecule has 78 valence electrons. The smallest absolute Gasteiger partial charge is 0.184 e. The number of ether oxygens (including phenoxy) is 2. The molecule has 0 saturated carbocycles. The van der Waals surface area contributed by atoms with Crippen molar-refractivity contribution >= 4 is 16.3 Å². The van der Waals surface area contributed by atoms with Gasteiger partial charge < -0.3 is 13.3 Å². The van der Waals surface area contributed by atoms with Crippen LogP contribution >= 0.6 is 16.3 Å². The van der Waals surface area contributed by atoms with Crippen LogP contribution in [0.2, 0.25) is 0 Å². The summed E-state index contributed by atoms with van der Waals surface area (Å²) < 4.78 is 15.6. The predicted octanol–water partition coefficient (Wildman–Crippen LogP) is 2.29. The van der Waals surface area contributed by atoms with E-state index in [9.17, 15) is 0 Å². The van der Waals surface area contributed by atoms with Crippen LogP contribution in [0.3, 0.4) is 0 Å². The van der Waals surface area contributed by atoms with E-state index in [0.717, 1.165) is 5.56 Å². The molecule has 4 nitrogen and oxygen atoms in total. The zero-order valence-electron chi connectivity index (χ0n) is 7.77. The molecule has 2 rings (SSSR count). The standard InChI is InChI=1S/C10H8BrNO3/c11-15-9-4-7(6-12)3-8(5-9)10-13-1-2-14-10/h3-5,10H,1-2H2. The first-order valence-corrected chi connectivity index (χ1v) is 5.05. The summed E-state index contributed by atoms with van der Waals surface area (Å²) in [7, 11) is 0. The number of rotatable bonds is 2. The van der Waals surface area contributed by atoms with E-state index in [1.807, 2.05) is 0 Å². The fraction of sp³-hybridized carbons (Fsp3) is 0.300. The summed E-state index contributed by atoms with van der Waals surface area (Å²) in [6.45, 7) is 1.15. The topological polar surface area (TPSA) is 51.5 Å². The maximum atomic E-state index is 8.82. The van der Waals surface area contributed by atoms with Crippen molar-refractivity contribution in [2.45, 2.75) is 6.29 Å². The van der Waals surface area contributed by atoms with Crippen molar-refractivity contribution in [1.29, 1.82) is 5.26 Å². The Morgan fingerprint density at radius 1 is 1.33 bits per heavy atom. The fourth-order valence-electron chi connectivity index (χ4n) is 1.42. The first kappa shape index (κ1) is 10.4. The molecule has 0 aromatic heterocycles. The van der Waals surface area contributed by atoms with Gasteiger partial charge in [-0.25, -0.2) is 0 Å². The largest absolute Gasteiger partial charge is 0.418 e. The number of nitriles is 1. The van der Waals surface area contributed by atoms with Crippen molar-refractivity contribution in [3.05, 3.63) is 29.3 Å². The number of nitrogens with zero attached hydrogens (tertiary/aromatic N) is 1. The summed E-state index contributed by atoms with van der Waals surface area (Å²) in [5.41, 5.74) is 1.31. The van der Waals surface area contributed by atoms with Gasteiger partial charge in [-0.05, 0) is 18.2 Å². The normalized spacial score (nSPS) is 16.3. The van der Waals surface area contributed by atoms with Gasteiger partial charge in [0.25, 0.3) is 0 Å². The molecule has 1 aromatic carbocycles. The van der Waals surface area contributed by atoms with Crippen LogP contribution in [0.1, 0.15) is 17.4 Å². The first-order chi connectivity index (χ1) is 7.33. The Bertz CT molecular complexity index is 396. The van der Waals surface area contributed by atoms with Crippen LogP contribution in [-0.4, -0.2) is 13.2 Å². The zero-order chi connectivity index (χ0) is 10.7. The minimum Gasteiger partial charge on any atom is -0.418 e. The van der Waals surface area contributed by atoms with Gasteiger partial charge in [-0.15, -0.1) is 0 Å². The number of hydrogen-bond donors (Lipinski definition) is 0. The monoisotopic (exact) mass is 269 g/mol. The van der Waals surface area contributed by atoms with Crippen LogP contribution in [-0.2, 0) is 9.47 Å². The van der Waals surface area contributed by atoms with Gasteiger partial charge in [-0.1, -0.05) is 0 Å². The Balaban J connectivity index is 2.33. The molecule has 0 spiro atoms. The maximum Gasteiger partial charge on any atom is 0.184 e. The van der Waals surface area contributed by atoms with Gasteiger partial charge in [-0.2, -0.15) is 5.26 Å². The lowest BCUT2D eigenvalue weighted by Gasteiger charge is -2.10. The van der Waals surface area contributed by atoms with Crippen LogP contribution in [0.25, 0.3) is 0 Å². The lowest BCUT2D eigenvalue weighted by molar-refractivity contribution is -0.0441. The van der Waals surface area contributed by atoms with Gasteiger partial charge in [0.2, 0.25) is 0 Å². The predicted molar refractivity (Wildman–Crippen MR) is 55.4 cm³/mol. The second-order valence-corrected chi connectivity index (χ2v) is 3.38. The van der Waals surface area contributed by atoms with Crippen molar-refractivity contribution < 1.29 is 13.3 Å². The fourth-order valence-corrected chi connectivity index (χ4v) is 1.61. The maximum absolute atomic E-state index is 8.82. The van der Waals surface area contributed by atoms with Gasteiger partial charge in [-0.3, -0.25) is 0 Å². The molecular formula is C10H8BrNO3. The van der Waals surface area contributed by atoms with Crippen LogP contribution in [0.4, 0.5) is 0 Å². The lowest BCUT2D eigenvalue weighted by Crippen LogP contribution is -1.98. The molecule has 15 heavy (non-hydrogen) atoms. The van der Waals surface area contributed by atoms with E-state index in [2.05, 4.69) is 22.3 Å². The second-order valence-electron chi connectivity index (χ2n) is 3.05. The molecule has 0 aliphatic carbocycles. The van der Waals surface area contributed by atoms with Crippen molar-refractivity contribution in [1.82, 2.24) is 0 Å². The highest BCUT2D eigenvalue weighted by atomic mass is 79.9. The molecule has 0 unspecified atom stereocenters. The molecular weight excluding hydrogens is 262 g/mol. The second kappa shape index (κ2) is 4.62. The molecule has 1 aliphatic heterocycles. The molecule has 5 heteroatoms. The van der Waals surface area contributed by atoms with E-state index in [4.69, 9.17) is 18.6 Å². The van der Waals surface area contributed by atoms with Gasteiger partial charge in [0.05, 0.1) is 24.8 Å². The Labute approximate surface area is 95.8 Å². The van der Waals surface area contributed by atoms with Crippen molar-refractivity contribution in [3.63, 3.8) is 0 Å². The third-order valence-electron chi connectivity index (χ3n) is 2.04. The quantitative estimate of drug-likeness (QED) is 0.827. The van der Waals surface area contributed by atoms with Gasteiger partial charge in [0, 0.05) is 5.56 Å². The third kappa shape index (κ3) is 2.29. The number of halogens is 1. The Kier molecular flexibility index (Phi) is 3.21. The van der Waals surface area contributed by atoms with Crippen molar-refractivity contribution in [2.75, 3.05) is 13.2 Å². The van der Waals surface area contributed by atoms with E-state index in [-0.39, 0.29) is 6.29 Å². The highest BCUT2D eigenvalue weighted by molar-refractivity contribution is 9.06. The van der Waals surface area contributed by atoms with E-state index in [1.165, 1.54) is 0 Å². The summed E-state index contributed by atoms with van der Waals surface area (Å²) in [4.78, 5) is 0. The Hall–Kier alpha value is -1.09. The molecule has 0 radical (unpaired) electrons. The van der Waals surface area contributed by atoms with E-state index >= 15 is 0 Å². The van der Waals surface area contributed by atoms with Crippen LogP contribution < -0.4 is 3.83 Å². The number of hydrogen-bond acceptors (Lipinski definition) is 4. The van der Waals surface area contributed by atoms with Gasteiger partial charge in [0.15, 0.2) is 22.5 Å². The zero-order valence-corrected chi connectivity index (χ0v) is 9.36.